The van der Waals surface area contributed by atoms with Gasteiger partial charge in [-0.2, -0.15) is 0 Å². The quantitative estimate of drug-likeness (QED) is 0.193. The molecule has 2 rings (SSSR count). The molecule has 0 aliphatic carbocycles. The number of nitrogens with zero attached hydrogens (tertiary/aromatic N) is 3. The third kappa shape index (κ3) is 10.6. The van der Waals surface area contributed by atoms with E-state index in [0.29, 0.717) is 39.5 Å². The van der Waals surface area contributed by atoms with Crippen LogP contribution in [0.25, 0.3) is 0 Å². The molecule has 1 saturated heterocycles. The maximum absolute atomic E-state index is 11.9. The number of nitrogens with one attached hydrogen (secondary N) is 2. The standard InChI is InChI=1S/C21H35N5O3.HI/c1-3-22-21(24-10-16-29-18-19-7-5-4-6-8-19)26-13-11-25(12-14-26)17-20(27)23-9-15-28-2;/h4-8H,3,9-18H2,1-2H3,(H,22,24)(H,23,27);1H. The summed E-state index contributed by atoms with van der Waals surface area (Å²) in [5.74, 6) is 0.964. The highest BCUT2D eigenvalue weighted by Gasteiger charge is 2.20. The number of halogens is 1. The summed E-state index contributed by atoms with van der Waals surface area (Å²) in [7, 11) is 1.63. The van der Waals surface area contributed by atoms with Gasteiger partial charge < -0.3 is 25.0 Å². The van der Waals surface area contributed by atoms with Crippen LogP contribution in [-0.2, 0) is 20.9 Å². The van der Waals surface area contributed by atoms with E-state index < -0.39 is 0 Å². The molecule has 0 bridgehead atoms. The maximum Gasteiger partial charge on any atom is 0.234 e. The largest absolute Gasteiger partial charge is 0.383 e. The number of carbonyl (C=O) groups excluding carboxylic acids is 1. The molecule has 0 saturated carbocycles. The topological polar surface area (TPSA) is 78.4 Å². The van der Waals surface area contributed by atoms with E-state index in [1.54, 1.807) is 7.11 Å². The Kier molecular flexibility index (Phi) is 14.4. The summed E-state index contributed by atoms with van der Waals surface area (Å²) in [5.41, 5.74) is 1.17. The Morgan fingerprint density at radius 2 is 1.83 bits per heavy atom. The molecular formula is C21H36IN5O3. The Labute approximate surface area is 197 Å². The van der Waals surface area contributed by atoms with Crippen molar-refractivity contribution in [3.8, 4) is 0 Å². The number of benzene rings is 1. The zero-order valence-electron chi connectivity index (χ0n) is 18.1. The van der Waals surface area contributed by atoms with Crippen molar-refractivity contribution in [1.29, 1.82) is 0 Å². The van der Waals surface area contributed by atoms with Crippen molar-refractivity contribution in [3.63, 3.8) is 0 Å². The second-order valence-corrected chi connectivity index (χ2v) is 6.88. The van der Waals surface area contributed by atoms with Crippen LogP contribution in [0.2, 0.25) is 0 Å². The number of hydrogen-bond acceptors (Lipinski definition) is 5. The third-order valence-electron chi connectivity index (χ3n) is 4.61. The lowest BCUT2D eigenvalue weighted by Gasteiger charge is -2.36. The van der Waals surface area contributed by atoms with Gasteiger partial charge in [-0.1, -0.05) is 30.3 Å². The molecule has 1 aliphatic rings. The Morgan fingerprint density at radius 1 is 1.10 bits per heavy atom. The van der Waals surface area contributed by atoms with Gasteiger partial charge in [0.25, 0.3) is 0 Å². The number of rotatable bonds is 11. The summed E-state index contributed by atoms with van der Waals surface area (Å²) in [5, 5.41) is 6.23. The number of amides is 1. The zero-order chi connectivity index (χ0) is 20.7. The molecule has 30 heavy (non-hydrogen) atoms. The molecule has 1 amide bonds. The molecule has 0 unspecified atom stereocenters. The Balaban J connectivity index is 0.00000450. The number of guanidine groups is 1. The van der Waals surface area contributed by atoms with Crippen LogP contribution in [0.3, 0.4) is 0 Å². The molecule has 1 aromatic carbocycles. The van der Waals surface area contributed by atoms with Crippen molar-refractivity contribution in [2.75, 3.05) is 72.7 Å². The van der Waals surface area contributed by atoms with Crippen molar-refractivity contribution in [1.82, 2.24) is 20.4 Å². The van der Waals surface area contributed by atoms with Crippen LogP contribution in [0.5, 0.6) is 0 Å². The lowest BCUT2D eigenvalue weighted by molar-refractivity contribution is -0.122. The highest BCUT2D eigenvalue weighted by molar-refractivity contribution is 14.0. The highest BCUT2D eigenvalue weighted by atomic mass is 127. The molecular weight excluding hydrogens is 497 g/mol. The van der Waals surface area contributed by atoms with E-state index in [2.05, 4.69) is 39.5 Å². The Morgan fingerprint density at radius 3 is 2.50 bits per heavy atom. The molecule has 1 aliphatic heterocycles. The number of methoxy groups -OCH3 is 1. The number of carbonyl (C=O) groups is 1. The van der Waals surface area contributed by atoms with Gasteiger partial charge in [-0.25, -0.2) is 0 Å². The van der Waals surface area contributed by atoms with Crippen LogP contribution in [0.1, 0.15) is 12.5 Å². The highest BCUT2D eigenvalue weighted by Crippen LogP contribution is 2.03. The minimum atomic E-state index is 0. The number of hydrogen-bond donors (Lipinski definition) is 2. The van der Waals surface area contributed by atoms with Gasteiger partial charge in [0.2, 0.25) is 5.91 Å². The fourth-order valence-corrected chi connectivity index (χ4v) is 3.08. The van der Waals surface area contributed by atoms with Gasteiger partial charge in [-0.15, -0.1) is 24.0 Å². The molecule has 0 spiro atoms. The van der Waals surface area contributed by atoms with Gasteiger partial charge in [-0.3, -0.25) is 14.7 Å². The first-order valence-corrected chi connectivity index (χ1v) is 10.4. The van der Waals surface area contributed by atoms with Gasteiger partial charge in [0, 0.05) is 46.4 Å². The first kappa shape index (κ1) is 26.6. The van der Waals surface area contributed by atoms with E-state index in [4.69, 9.17) is 14.5 Å². The fourth-order valence-electron chi connectivity index (χ4n) is 3.08. The molecule has 1 fully saturated rings. The monoisotopic (exact) mass is 533 g/mol. The van der Waals surface area contributed by atoms with Crippen LogP contribution in [0.4, 0.5) is 0 Å². The summed E-state index contributed by atoms with van der Waals surface area (Å²) >= 11 is 0. The predicted molar refractivity (Wildman–Crippen MR) is 130 cm³/mol. The van der Waals surface area contributed by atoms with Gasteiger partial charge in [0.15, 0.2) is 5.96 Å². The SMILES string of the molecule is CCNC(=NCCOCc1ccccc1)N1CCN(CC(=O)NCCOC)CC1.I. The molecule has 1 heterocycles. The second kappa shape index (κ2) is 16.3. The molecule has 8 nitrogen and oxygen atoms in total. The summed E-state index contributed by atoms with van der Waals surface area (Å²) in [6, 6.07) is 10.2. The summed E-state index contributed by atoms with van der Waals surface area (Å²) in [4.78, 5) is 21.1. The van der Waals surface area contributed by atoms with E-state index in [0.717, 1.165) is 38.7 Å². The zero-order valence-corrected chi connectivity index (χ0v) is 20.5. The van der Waals surface area contributed by atoms with Crippen molar-refractivity contribution in [2.45, 2.75) is 13.5 Å². The molecule has 0 radical (unpaired) electrons. The predicted octanol–water partition coefficient (Wildman–Crippen LogP) is 1.17. The summed E-state index contributed by atoms with van der Waals surface area (Å²) < 4.78 is 10.7. The molecule has 0 atom stereocenters. The number of ether oxygens (including phenoxy) is 2. The lowest BCUT2D eigenvalue weighted by Crippen LogP contribution is -2.54. The first-order chi connectivity index (χ1) is 14.2. The van der Waals surface area contributed by atoms with Crippen molar-refractivity contribution in [3.05, 3.63) is 35.9 Å². The Bertz CT molecular complexity index is 610. The van der Waals surface area contributed by atoms with Crippen LogP contribution >= 0.6 is 24.0 Å². The Hall–Kier alpha value is -1.43. The van der Waals surface area contributed by atoms with Crippen molar-refractivity contribution >= 4 is 35.8 Å². The van der Waals surface area contributed by atoms with Crippen LogP contribution < -0.4 is 10.6 Å². The molecule has 1 aromatic rings. The lowest BCUT2D eigenvalue weighted by atomic mass is 10.2. The van der Waals surface area contributed by atoms with Gasteiger partial charge in [0.05, 0.1) is 32.9 Å². The average molecular weight is 533 g/mol. The van der Waals surface area contributed by atoms with Gasteiger partial charge in [0.1, 0.15) is 0 Å². The minimum Gasteiger partial charge on any atom is -0.383 e. The van der Waals surface area contributed by atoms with Gasteiger partial charge in [-0.05, 0) is 12.5 Å². The van der Waals surface area contributed by atoms with Crippen LogP contribution in [-0.4, -0.2) is 94.3 Å². The van der Waals surface area contributed by atoms with Crippen LogP contribution in [0, 0.1) is 0 Å². The normalized spacial score (nSPS) is 14.9. The first-order valence-electron chi connectivity index (χ1n) is 10.4. The number of piperazine rings is 1. The number of aliphatic imine (C=N–C) groups is 1. The van der Waals surface area contributed by atoms with E-state index in [1.165, 1.54) is 5.56 Å². The average Bonchev–Trinajstić information content (AvgIpc) is 2.74. The van der Waals surface area contributed by atoms with Crippen molar-refractivity contribution in [2.24, 2.45) is 4.99 Å². The van der Waals surface area contributed by atoms with E-state index in [-0.39, 0.29) is 29.9 Å². The van der Waals surface area contributed by atoms with E-state index in [9.17, 15) is 4.79 Å². The third-order valence-corrected chi connectivity index (χ3v) is 4.61. The molecule has 170 valence electrons. The summed E-state index contributed by atoms with van der Waals surface area (Å²) in [6.45, 7) is 9.62. The minimum absolute atomic E-state index is 0. The van der Waals surface area contributed by atoms with E-state index >= 15 is 0 Å². The maximum atomic E-state index is 11.9. The second-order valence-electron chi connectivity index (χ2n) is 6.88. The summed E-state index contributed by atoms with van der Waals surface area (Å²) in [6.07, 6.45) is 0. The molecule has 9 heteroatoms. The van der Waals surface area contributed by atoms with E-state index in [1.807, 2.05) is 18.2 Å². The smallest absolute Gasteiger partial charge is 0.234 e. The fraction of sp³-hybridized carbons (Fsp3) is 0.619. The van der Waals surface area contributed by atoms with Gasteiger partial charge >= 0.3 is 0 Å². The molecule has 0 aromatic heterocycles. The van der Waals surface area contributed by atoms with Crippen LogP contribution in [0.15, 0.2) is 35.3 Å². The molecule has 2 N–H and O–H groups in total. The van der Waals surface area contributed by atoms with Crippen molar-refractivity contribution < 1.29 is 14.3 Å².